The van der Waals surface area contributed by atoms with Crippen LogP contribution in [-0.2, 0) is 9.53 Å². The average Bonchev–Trinajstić information content (AvgIpc) is 2.61. The van der Waals surface area contributed by atoms with E-state index in [0.717, 1.165) is 58.3 Å². The van der Waals surface area contributed by atoms with Crippen LogP contribution in [-0.4, -0.2) is 55.2 Å². The predicted octanol–water partition coefficient (Wildman–Crippen LogP) is 1.66. The number of hydrogen-bond donors (Lipinski definition) is 2. The highest BCUT2D eigenvalue weighted by atomic mass is 16.5. The Morgan fingerprint density at radius 1 is 1.13 bits per heavy atom. The highest BCUT2D eigenvalue weighted by molar-refractivity contribution is 5.78. The van der Waals surface area contributed by atoms with Crippen LogP contribution in [0.15, 0.2) is 0 Å². The molecule has 0 bridgehead atoms. The molecule has 23 heavy (non-hydrogen) atoms. The van der Waals surface area contributed by atoms with Crippen LogP contribution in [0.1, 0.15) is 57.8 Å². The molecular weight excluding hydrogens is 290 g/mol. The van der Waals surface area contributed by atoms with Crippen LogP contribution in [0.4, 0.5) is 0 Å². The average molecular weight is 323 g/mol. The maximum Gasteiger partial charge on any atom is 0.223 e. The summed E-state index contributed by atoms with van der Waals surface area (Å²) in [6.07, 6.45) is 10.0. The standard InChI is InChI=1S/C18H33N3O2/c19-16-6-4-5-15(13-16)17(22)20-14-18(7-11-23-12-8-18)21-9-2-1-3-10-21/h15-16H,1-14,19H2,(H,20,22). The SMILES string of the molecule is NC1CCCC(C(=O)NCC2(N3CCCCC3)CCOCC2)C1. The topological polar surface area (TPSA) is 67.6 Å². The van der Waals surface area contributed by atoms with E-state index in [9.17, 15) is 4.79 Å². The summed E-state index contributed by atoms with van der Waals surface area (Å²) in [4.78, 5) is 15.2. The Hall–Kier alpha value is -0.650. The molecule has 1 aliphatic carbocycles. The van der Waals surface area contributed by atoms with E-state index in [1.54, 1.807) is 0 Å². The van der Waals surface area contributed by atoms with Crippen LogP contribution < -0.4 is 11.1 Å². The molecular formula is C18H33N3O2. The zero-order valence-electron chi connectivity index (χ0n) is 14.4. The van der Waals surface area contributed by atoms with Gasteiger partial charge in [-0.3, -0.25) is 9.69 Å². The number of amides is 1. The molecule has 3 aliphatic rings. The van der Waals surface area contributed by atoms with Crippen LogP contribution in [0.25, 0.3) is 0 Å². The number of nitrogens with one attached hydrogen (secondary N) is 1. The minimum Gasteiger partial charge on any atom is -0.381 e. The van der Waals surface area contributed by atoms with Gasteiger partial charge in [0.2, 0.25) is 5.91 Å². The minimum absolute atomic E-state index is 0.116. The molecule has 2 unspecified atom stereocenters. The molecule has 0 aromatic heterocycles. The van der Waals surface area contributed by atoms with Gasteiger partial charge in [-0.2, -0.15) is 0 Å². The second kappa shape index (κ2) is 7.95. The van der Waals surface area contributed by atoms with Crippen molar-refractivity contribution in [2.24, 2.45) is 11.7 Å². The minimum atomic E-state index is 0.116. The first-order valence-electron chi connectivity index (χ1n) is 9.56. The Morgan fingerprint density at radius 2 is 1.87 bits per heavy atom. The smallest absolute Gasteiger partial charge is 0.223 e. The molecule has 3 rings (SSSR count). The van der Waals surface area contributed by atoms with Gasteiger partial charge < -0.3 is 15.8 Å². The van der Waals surface area contributed by atoms with Gasteiger partial charge in [0.05, 0.1) is 0 Å². The summed E-state index contributed by atoms with van der Waals surface area (Å²) in [5.41, 5.74) is 6.16. The third-order valence-electron chi connectivity index (χ3n) is 6.13. The fourth-order valence-electron chi connectivity index (χ4n) is 4.59. The van der Waals surface area contributed by atoms with Gasteiger partial charge in [0, 0.05) is 37.3 Å². The van der Waals surface area contributed by atoms with Crippen LogP contribution >= 0.6 is 0 Å². The van der Waals surface area contributed by atoms with Gasteiger partial charge in [-0.15, -0.1) is 0 Å². The molecule has 1 saturated carbocycles. The van der Waals surface area contributed by atoms with Crippen molar-refractivity contribution < 1.29 is 9.53 Å². The molecule has 0 aromatic carbocycles. The first-order valence-corrected chi connectivity index (χ1v) is 9.56. The lowest BCUT2D eigenvalue weighted by atomic mass is 9.84. The number of hydrogen-bond acceptors (Lipinski definition) is 4. The molecule has 132 valence electrons. The van der Waals surface area contributed by atoms with Gasteiger partial charge in [-0.25, -0.2) is 0 Å². The second-order valence-electron chi connectivity index (χ2n) is 7.73. The van der Waals surface area contributed by atoms with E-state index < -0.39 is 0 Å². The van der Waals surface area contributed by atoms with E-state index >= 15 is 0 Å². The summed E-state index contributed by atoms with van der Waals surface area (Å²) in [7, 11) is 0. The Kier molecular flexibility index (Phi) is 5.94. The lowest BCUT2D eigenvalue weighted by molar-refractivity contribution is -0.127. The quantitative estimate of drug-likeness (QED) is 0.825. The van der Waals surface area contributed by atoms with Crippen molar-refractivity contribution in [3.8, 4) is 0 Å². The van der Waals surface area contributed by atoms with Crippen molar-refractivity contribution in [2.75, 3.05) is 32.8 Å². The van der Waals surface area contributed by atoms with E-state index in [1.165, 1.54) is 32.4 Å². The number of nitrogens with zero attached hydrogens (tertiary/aromatic N) is 1. The van der Waals surface area contributed by atoms with Crippen molar-refractivity contribution in [3.63, 3.8) is 0 Å². The van der Waals surface area contributed by atoms with Gasteiger partial charge in [0.15, 0.2) is 0 Å². The van der Waals surface area contributed by atoms with Gasteiger partial charge >= 0.3 is 0 Å². The Balaban J connectivity index is 1.58. The van der Waals surface area contributed by atoms with Crippen LogP contribution in [0.2, 0.25) is 0 Å². The summed E-state index contributed by atoms with van der Waals surface area (Å²) < 4.78 is 5.60. The van der Waals surface area contributed by atoms with Crippen LogP contribution in [0.5, 0.6) is 0 Å². The number of ether oxygens (including phenoxy) is 1. The van der Waals surface area contributed by atoms with Gasteiger partial charge in [0.1, 0.15) is 0 Å². The molecule has 0 aromatic rings. The number of likely N-dealkylation sites (tertiary alicyclic amines) is 1. The molecule has 2 atom stereocenters. The maximum atomic E-state index is 12.6. The Labute approximate surface area is 140 Å². The Morgan fingerprint density at radius 3 is 2.57 bits per heavy atom. The van der Waals surface area contributed by atoms with E-state index in [1.807, 2.05) is 0 Å². The largest absolute Gasteiger partial charge is 0.381 e. The zero-order valence-corrected chi connectivity index (χ0v) is 14.4. The van der Waals surface area contributed by atoms with E-state index in [0.29, 0.717) is 0 Å². The summed E-state index contributed by atoms with van der Waals surface area (Å²) in [5.74, 6) is 0.347. The van der Waals surface area contributed by atoms with Crippen molar-refractivity contribution in [1.82, 2.24) is 10.2 Å². The molecule has 5 heteroatoms. The highest BCUT2D eigenvalue weighted by Crippen LogP contribution is 2.31. The van der Waals surface area contributed by atoms with Crippen LogP contribution in [0, 0.1) is 5.92 Å². The van der Waals surface area contributed by atoms with E-state index in [-0.39, 0.29) is 23.4 Å². The van der Waals surface area contributed by atoms with Crippen molar-refractivity contribution in [1.29, 1.82) is 0 Å². The van der Waals surface area contributed by atoms with Crippen molar-refractivity contribution in [2.45, 2.75) is 69.4 Å². The highest BCUT2D eigenvalue weighted by Gasteiger charge is 2.39. The van der Waals surface area contributed by atoms with E-state index in [4.69, 9.17) is 10.5 Å². The number of piperidine rings is 1. The third-order valence-corrected chi connectivity index (χ3v) is 6.13. The number of carbonyl (C=O) groups is 1. The molecule has 2 aliphatic heterocycles. The fourth-order valence-corrected chi connectivity index (χ4v) is 4.59. The zero-order chi connectivity index (χ0) is 16.1. The summed E-state index contributed by atoms with van der Waals surface area (Å²) in [5, 5.41) is 3.29. The molecule has 2 heterocycles. The summed E-state index contributed by atoms with van der Waals surface area (Å²) in [6, 6.07) is 0.207. The molecule has 0 spiro atoms. The monoisotopic (exact) mass is 323 g/mol. The normalized spacial score (nSPS) is 32.4. The number of rotatable bonds is 4. The van der Waals surface area contributed by atoms with Gasteiger partial charge in [-0.05, 0) is 58.0 Å². The lowest BCUT2D eigenvalue weighted by Gasteiger charge is -2.48. The Bertz CT molecular complexity index is 390. The predicted molar refractivity (Wildman–Crippen MR) is 91.2 cm³/mol. The summed E-state index contributed by atoms with van der Waals surface area (Å²) in [6.45, 7) is 4.76. The lowest BCUT2D eigenvalue weighted by Crippen LogP contribution is -2.60. The van der Waals surface area contributed by atoms with Crippen LogP contribution in [0.3, 0.4) is 0 Å². The van der Waals surface area contributed by atoms with Gasteiger partial charge in [0.25, 0.3) is 0 Å². The van der Waals surface area contributed by atoms with Crippen molar-refractivity contribution >= 4 is 5.91 Å². The second-order valence-corrected chi connectivity index (χ2v) is 7.73. The molecule has 0 radical (unpaired) electrons. The number of nitrogens with two attached hydrogens (primary N) is 1. The maximum absolute atomic E-state index is 12.6. The summed E-state index contributed by atoms with van der Waals surface area (Å²) >= 11 is 0. The molecule has 3 N–H and O–H groups in total. The first kappa shape index (κ1) is 17.2. The molecule has 5 nitrogen and oxygen atoms in total. The third kappa shape index (κ3) is 4.25. The van der Waals surface area contributed by atoms with E-state index in [2.05, 4.69) is 10.2 Å². The molecule has 3 fully saturated rings. The van der Waals surface area contributed by atoms with Gasteiger partial charge in [-0.1, -0.05) is 12.8 Å². The molecule has 2 saturated heterocycles. The first-order chi connectivity index (χ1) is 11.2. The number of carbonyl (C=O) groups excluding carboxylic acids is 1. The molecule has 1 amide bonds. The van der Waals surface area contributed by atoms with Crippen molar-refractivity contribution in [3.05, 3.63) is 0 Å². The fraction of sp³-hybridized carbons (Fsp3) is 0.944.